The van der Waals surface area contributed by atoms with E-state index in [4.69, 9.17) is 4.74 Å². The summed E-state index contributed by atoms with van der Waals surface area (Å²) in [5, 5.41) is 6.58. The van der Waals surface area contributed by atoms with Crippen LogP contribution in [0.5, 0.6) is 5.75 Å². The Kier molecular flexibility index (Phi) is 5.59. The number of aromatic nitrogens is 1. The number of methoxy groups -OCH3 is 1. The van der Waals surface area contributed by atoms with Gasteiger partial charge in [0, 0.05) is 23.7 Å². The minimum Gasteiger partial charge on any atom is -0.496 e. The van der Waals surface area contributed by atoms with Crippen LogP contribution in [-0.4, -0.2) is 23.9 Å². The molecule has 2 aromatic carbocycles. The van der Waals surface area contributed by atoms with Gasteiger partial charge in [0.05, 0.1) is 18.3 Å². The van der Waals surface area contributed by atoms with Gasteiger partial charge in [-0.2, -0.15) is 0 Å². The van der Waals surface area contributed by atoms with Gasteiger partial charge in [-0.25, -0.2) is 0 Å². The summed E-state index contributed by atoms with van der Waals surface area (Å²) >= 11 is 0. The summed E-state index contributed by atoms with van der Waals surface area (Å²) in [5.41, 5.74) is 0.837. The lowest BCUT2D eigenvalue weighted by Gasteiger charge is -2.23. The third kappa shape index (κ3) is 3.96. The molecule has 2 amide bonds. The van der Waals surface area contributed by atoms with Gasteiger partial charge in [0.1, 0.15) is 11.2 Å². The molecule has 3 rings (SSSR count). The van der Waals surface area contributed by atoms with Gasteiger partial charge in [0.25, 0.3) is 0 Å². The van der Waals surface area contributed by atoms with E-state index in [0.29, 0.717) is 17.0 Å². The third-order valence-electron chi connectivity index (χ3n) is 4.65. The minimum absolute atomic E-state index is 0.273. The first-order valence-corrected chi connectivity index (χ1v) is 8.99. The molecule has 0 aliphatic carbocycles. The fourth-order valence-corrected chi connectivity index (χ4v) is 2.83. The van der Waals surface area contributed by atoms with Crippen LogP contribution < -0.4 is 15.4 Å². The summed E-state index contributed by atoms with van der Waals surface area (Å²) in [6.07, 6.45) is 1.67. The van der Waals surface area contributed by atoms with Crippen molar-refractivity contribution in [3.63, 3.8) is 0 Å². The van der Waals surface area contributed by atoms with Crippen molar-refractivity contribution in [2.75, 3.05) is 12.4 Å². The van der Waals surface area contributed by atoms with Gasteiger partial charge in [-0.3, -0.25) is 14.6 Å². The Labute approximate surface area is 163 Å². The Morgan fingerprint density at radius 1 is 1.00 bits per heavy atom. The maximum atomic E-state index is 12.8. The van der Waals surface area contributed by atoms with E-state index in [9.17, 15) is 9.59 Å². The lowest BCUT2D eigenvalue weighted by Crippen LogP contribution is -2.44. The number of anilines is 1. The van der Waals surface area contributed by atoms with Crippen LogP contribution in [0.4, 0.5) is 5.69 Å². The predicted molar refractivity (Wildman–Crippen MR) is 109 cm³/mol. The Morgan fingerprint density at radius 3 is 2.54 bits per heavy atom. The topological polar surface area (TPSA) is 80.3 Å². The normalized spacial score (nSPS) is 11.1. The van der Waals surface area contributed by atoms with Crippen LogP contribution in [-0.2, 0) is 16.1 Å². The first-order chi connectivity index (χ1) is 13.4. The molecule has 0 saturated carbocycles. The molecule has 0 aliphatic heterocycles. The van der Waals surface area contributed by atoms with Gasteiger partial charge in [0.15, 0.2) is 0 Å². The first kappa shape index (κ1) is 19.4. The predicted octanol–water partition coefficient (Wildman–Crippen LogP) is 3.52. The second kappa shape index (κ2) is 8.08. The molecule has 0 bridgehead atoms. The second-order valence-electron chi connectivity index (χ2n) is 6.95. The van der Waals surface area contributed by atoms with Crippen molar-refractivity contribution in [3.05, 3.63) is 66.4 Å². The van der Waals surface area contributed by atoms with Gasteiger partial charge < -0.3 is 15.4 Å². The van der Waals surface area contributed by atoms with Gasteiger partial charge in [-0.1, -0.05) is 36.4 Å². The summed E-state index contributed by atoms with van der Waals surface area (Å²) in [6, 6.07) is 16.7. The number of nitrogens with zero attached hydrogens (tertiary/aromatic N) is 1. The molecule has 0 aliphatic rings. The summed E-state index contributed by atoms with van der Waals surface area (Å²) in [6.45, 7) is 3.46. The number of ether oxygens (including phenoxy) is 1. The van der Waals surface area contributed by atoms with Crippen LogP contribution in [0.1, 0.15) is 19.4 Å². The number of pyridine rings is 1. The van der Waals surface area contributed by atoms with Crippen molar-refractivity contribution < 1.29 is 14.3 Å². The maximum Gasteiger partial charge on any atom is 0.239 e. The molecule has 1 heterocycles. The van der Waals surface area contributed by atoms with Crippen molar-refractivity contribution in [1.29, 1.82) is 0 Å². The monoisotopic (exact) mass is 377 g/mol. The number of rotatable bonds is 6. The van der Waals surface area contributed by atoms with E-state index in [1.807, 2.05) is 48.5 Å². The van der Waals surface area contributed by atoms with E-state index >= 15 is 0 Å². The fraction of sp³-hybridized carbons (Fsp3) is 0.227. The number of carbonyl (C=O) groups excluding carboxylic acids is 2. The molecule has 6 heteroatoms. The molecule has 2 N–H and O–H groups in total. The summed E-state index contributed by atoms with van der Waals surface area (Å²) in [5.74, 6) is -0.0841. The summed E-state index contributed by atoms with van der Waals surface area (Å²) < 4.78 is 5.29. The van der Waals surface area contributed by atoms with E-state index < -0.39 is 11.3 Å². The van der Waals surface area contributed by atoms with Crippen LogP contribution in [0.25, 0.3) is 10.9 Å². The lowest BCUT2D eigenvalue weighted by atomic mass is 9.90. The highest BCUT2D eigenvalue weighted by atomic mass is 16.5. The van der Waals surface area contributed by atoms with Gasteiger partial charge in [0.2, 0.25) is 11.8 Å². The largest absolute Gasteiger partial charge is 0.496 e. The number of fused-ring (bicyclic) bond motifs is 1. The number of para-hydroxylation sites is 2. The molecule has 0 atom stereocenters. The van der Waals surface area contributed by atoms with Crippen LogP contribution in [0.15, 0.2) is 60.8 Å². The summed E-state index contributed by atoms with van der Waals surface area (Å²) in [4.78, 5) is 29.9. The SMILES string of the molecule is COc1ccccc1CNC(=O)C(C)(C)C(=O)Nc1cccc2cccnc12. The quantitative estimate of drug-likeness (QED) is 0.644. The Balaban J connectivity index is 1.72. The van der Waals surface area contributed by atoms with Crippen molar-refractivity contribution >= 4 is 28.4 Å². The van der Waals surface area contributed by atoms with Crippen LogP contribution in [0, 0.1) is 5.41 Å². The third-order valence-corrected chi connectivity index (χ3v) is 4.65. The number of benzene rings is 2. The van der Waals surface area contributed by atoms with E-state index in [-0.39, 0.29) is 12.5 Å². The van der Waals surface area contributed by atoms with Gasteiger partial charge in [-0.05, 0) is 32.0 Å². The Bertz CT molecular complexity index is 1010. The van der Waals surface area contributed by atoms with E-state index in [1.165, 1.54) is 0 Å². The van der Waals surface area contributed by atoms with Gasteiger partial charge in [-0.15, -0.1) is 0 Å². The summed E-state index contributed by atoms with van der Waals surface area (Å²) in [7, 11) is 1.58. The fourth-order valence-electron chi connectivity index (χ4n) is 2.83. The lowest BCUT2D eigenvalue weighted by molar-refractivity contribution is -0.138. The molecule has 0 unspecified atom stereocenters. The number of nitrogens with one attached hydrogen (secondary N) is 2. The van der Waals surface area contributed by atoms with Crippen molar-refractivity contribution in [2.45, 2.75) is 20.4 Å². The molecule has 0 spiro atoms. The Morgan fingerprint density at radius 2 is 1.75 bits per heavy atom. The zero-order chi connectivity index (χ0) is 20.1. The standard InChI is InChI=1S/C22H23N3O3/c1-22(2,20(26)24-14-16-8-4-5-12-18(16)28-3)21(27)25-17-11-6-9-15-10-7-13-23-19(15)17/h4-13H,14H2,1-3H3,(H,24,26)(H,25,27). The molecule has 0 saturated heterocycles. The maximum absolute atomic E-state index is 12.8. The van der Waals surface area contributed by atoms with Crippen molar-refractivity contribution in [3.8, 4) is 5.75 Å². The molecule has 0 fully saturated rings. The van der Waals surface area contributed by atoms with E-state index in [2.05, 4.69) is 15.6 Å². The zero-order valence-corrected chi connectivity index (χ0v) is 16.2. The molecule has 28 heavy (non-hydrogen) atoms. The highest BCUT2D eigenvalue weighted by Gasteiger charge is 2.36. The average Bonchev–Trinajstić information content (AvgIpc) is 2.72. The van der Waals surface area contributed by atoms with E-state index in [0.717, 1.165) is 10.9 Å². The number of hydrogen-bond acceptors (Lipinski definition) is 4. The molecule has 6 nitrogen and oxygen atoms in total. The highest BCUT2D eigenvalue weighted by Crippen LogP contribution is 2.25. The zero-order valence-electron chi connectivity index (χ0n) is 16.2. The van der Waals surface area contributed by atoms with Crippen LogP contribution >= 0.6 is 0 Å². The number of carbonyl (C=O) groups is 2. The van der Waals surface area contributed by atoms with Crippen molar-refractivity contribution in [1.82, 2.24) is 10.3 Å². The molecular weight excluding hydrogens is 354 g/mol. The second-order valence-corrected chi connectivity index (χ2v) is 6.95. The molecule has 0 radical (unpaired) electrons. The van der Waals surface area contributed by atoms with E-state index in [1.54, 1.807) is 33.2 Å². The van der Waals surface area contributed by atoms with Gasteiger partial charge >= 0.3 is 0 Å². The molecular formula is C22H23N3O3. The van der Waals surface area contributed by atoms with Crippen molar-refractivity contribution in [2.24, 2.45) is 5.41 Å². The average molecular weight is 377 g/mol. The number of hydrogen-bond donors (Lipinski definition) is 2. The minimum atomic E-state index is -1.26. The van der Waals surface area contributed by atoms with Crippen LogP contribution in [0.3, 0.4) is 0 Å². The molecule has 3 aromatic rings. The Hall–Kier alpha value is -3.41. The molecule has 144 valence electrons. The molecule has 1 aromatic heterocycles. The smallest absolute Gasteiger partial charge is 0.239 e. The van der Waals surface area contributed by atoms with Crippen LogP contribution in [0.2, 0.25) is 0 Å². The first-order valence-electron chi connectivity index (χ1n) is 8.99. The highest BCUT2D eigenvalue weighted by molar-refractivity contribution is 6.12. The number of amides is 2.